The highest BCUT2D eigenvalue weighted by atomic mass is 19.1. The van der Waals surface area contributed by atoms with E-state index in [9.17, 15) is 9.18 Å². The second kappa shape index (κ2) is 5.05. The summed E-state index contributed by atoms with van der Waals surface area (Å²) in [5, 5.41) is 0. The highest BCUT2D eigenvalue weighted by Gasteiger charge is 2.41. The number of likely N-dealkylation sites (N-methyl/N-ethyl adjacent to an activating group) is 1. The van der Waals surface area contributed by atoms with Gasteiger partial charge in [0, 0.05) is 26.2 Å². The first kappa shape index (κ1) is 13.4. The molecule has 0 spiro atoms. The highest BCUT2D eigenvalue weighted by Crippen LogP contribution is 2.31. The smallest absolute Gasteiger partial charge is 0.257 e. The number of rotatable bonds is 2. The maximum atomic E-state index is 13.4. The lowest BCUT2D eigenvalue weighted by Crippen LogP contribution is -2.44. The summed E-state index contributed by atoms with van der Waals surface area (Å²) >= 11 is 0. The van der Waals surface area contributed by atoms with E-state index in [2.05, 4.69) is 11.8 Å². The van der Waals surface area contributed by atoms with Gasteiger partial charge in [-0.2, -0.15) is 0 Å². The molecular weight excluding hydrogens is 259 g/mol. The van der Waals surface area contributed by atoms with Gasteiger partial charge >= 0.3 is 0 Å². The zero-order chi connectivity index (χ0) is 14.3. The molecule has 2 atom stereocenters. The van der Waals surface area contributed by atoms with Crippen molar-refractivity contribution in [1.29, 1.82) is 0 Å². The lowest BCUT2D eigenvalue weighted by Gasteiger charge is -2.25. The topological polar surface area (TPSA) is 32.8 Å². The van der Waals surface area contributed by atoms with Crippen LogP contribution >= 0.6 is 0 Å². The van der Waals surface area contributed by atoms with Gasteiger partial charge in [0.1, 0.15) is 17.7 Å². The normalized spacial score (nSPS) is 25.9. The molecule has 1 aromatic carbocycles. The first-order chi connectivity index (χ1) is 9.60. The Morgan fingerprint density at radius 3 is 2.95 bits per heavy atom. The average molecular weight is 278 g/mol. The van der Waals surface area contributed by atoms with Crippen LogP contribution in [0.1, 0.15) is 23.7 Å². The minimum absolute atomic E-state index is 0.0320. The van der Waals surface area contributed by atoms with Gasteiger partial charge in [0.2, 0.25) is 0 Å². The fourth-order valence-electron chi connectivity index (χ4n) is 3.09. The van der Waals surface area contributed by atoms with Crippen LogP contribution in [0.15, 0.2) is 18.2 Å². The third-order valence-electron chi connectivity index (χ3n) is 4.12. The Labute approximate surface area is 118 Å². The average Bonchev–Trinajstić information content (AvgIpc) is 2.77. The molecular formula is C15H19FN2O2. The Hall–Kier alpha value is -1.62. The van der Waals surface area contributed by atoms with Crippen molar-refractivity contribution < 1.29 is 13.9 Å². The van der Waals surface area contributed by atoms with Crippen molar-refractivity contribution in [3.8, 4) is 5.75 Å². The molecule has 0 N–H and O–H groups in total. The van der Waals surface area contributed by atoms with Gasteiger partial charge in [0.05, 0.1) is 11.6 Å². The molecule has 108 valence electrons. The summed E-state index contributed by atoms with van der Waals surface area (Å²) in [4.78, 5) is 16.5. The van der Waals surface area contributed by atoms with Crippen LogP contribution < -0.4 is 4.74 Å². The molecule has 1 amide bonds. The van der Waals surface area contributed by atoms with E-state index in [0.717, 1.165) is 26.1 Å². The van der Waals surface area contributed by atoms with E-state index < -0.39 is 0 Å². The molecule has 20 heavy (non-hydrogen) atoms. The van der Waals surface area contributed by atoms with E-state index in [1.807, 2.05) is 0 Å². The van der Waals surface area contributed by atoms with E-state index in [4.69, 9.17) is 4.74 Å². The summed E-state index contributed by atoms with van der Waals surface area (Å²) in [5.41, 5.74) is 0.449. The third kappa shape index (κ3) is 2.16. The van der Waals surface area contributed by atoms with Crippen molar-refractivity contribution in [2.75, 3.05) is 26.7 Å². The Morgan fingerprint density at radius 1 is 1.40 bits per heavy atom. The Kier molecular flexibility index (Phi) is 3.38. The molecule has 0 radical (unpaired) electrons. The summed E-state index contributed by atoms with van der Waals surface area (Å²) in [6, 6.07) is 4.16. The molecule has 5 heteroatoms. The molecule has 1 fully saturated rings. The lowest BCUT2D eigenvalue weighted by molar-refractivity contribution is 0.0682. The molecule has 1 saturated heterocycles. The minimum Gasteiger partial charge on any atom is -0.486 e. The molecule has 4 nitrogen and oxygen atoms in total. The van der Waals surface area contributed by atoms with Crippen LogP contribution in [-0.4, -0.2) is 54.5 Å². The van der Waals surface area contributed by atoms with Crippen LogP contribution in [0.3, 0.4) is 0 Å². The summed E-state index contributed by atoms with van der Waals surface area (Å²) < 4.78 is 19.3. The maximum absolute atomic E-state index is 13.4. The maximum Gasteiger partial charge on any atom is 0.257 e. The fraction of sp³-hybridized carbons (Fsp3) is 0.533. The van der Waals surface area contributed by atoms with Gasteiger partial charge in [-0.05, 0) is 25.1 Å². The number of halogens is 1. The molecule has 0 aromatic heterocycles. The SMILES string of the molecule is CCCN1C[C@@H]2Oc3cc(F)ccc3C(=O)N(C)[C@@H]2C1. The van der Waals surface area contributed by atoms with Gasteiger partial charge in [0.25, 0.3) is 5.91 Å². The second-order valence-electron chi connectivity index (χ2n) is 5.54. The third-order valence-corrected chi connectivity index (χ3v) is 4.12. The van der Waals surface area contributed by atoms with Crippen LogP contribution in [0.4, 0.5) is 4.39 Å². The number of carbonyl (C=O) groups excluding carboxylic acids is 1. The lowest BCUT2D eigenvalue weighted by atomic mass is 10.1. The largest absolute Gasteiger partial charge is 0.486 e. The van der Waals surface area contributed by atoms with Crippen LogP contribution in [0.25, 0.3) is 0 Å². The van der Waals surface area contributed by atoms with E-state index in [-0.39, 0.29) is 23.9 Å². The quantitative estimate of drug-likeness (QED) is 0.826. The molecule has 0 bridgehead atoms. The van der Waals surface area contributed by atoms with Gasteiger partial charge in [0.15, 0.2) is 0 Å². The number of nitrogens with zero attached hydrogens (tertiary/aromatic N) is 2. The highest BCUT2D eigenvalue weighted by molar-refractivity contribution is 5.97. The van der Waals surface area contributed by atoms with Crippen molar-refractivity contribution in [3.05, 3.63) is 29.6 Å². The fourth-order valence-corrected chi connectivity index (χ4v) is 3.09. The van der Waals surface area contributed by atoms with Gasteiger partial charge in [-0.1, -0.05) is 6.92 Å². The number of benzene rings is 1. The number of carbonyl (C=O) groups is 1. The van der Waals surface area contributed by atoms with E-state index >= 15 is 0 Å². The molecule has 0 aliphatic carbocycles. The summed E-state index contributed by atoms with van der Waals surface area (Å²) in [5.74, 6) is -0.0976. The van der Waals surface area contributed by atoms with Gasteiger partial charge in [-0.15, -0.1) is 0 Å². The van der Waals surface area contributed by atoms with Crippen molar-refractivity contribution >= 4 is 5.91 Å². The molecule has 2 aliphatic rings. The van der Waals surface area contributed by atoms with E-state index in [0.29, 0.717) is 11.3 Å². The predicted octanol–water partition coefficient (Wildman–Crippen LogP) is 1.75. The van der Waals surface area contributed by atoms with Crippen molar-refractivity contribution in [2.24, 2.45) is 0 Å². The Bertz CT molecular complexity index is 535. The van der Waals surface area contributed by atoms with E-state index in [1.54, 1.807) is 11.9 Å². The Balaban J connectivity index is 1.93. The van der Waals surface area contributed by atoms with Crippen LogP contribution in [0.2, 0.25) is 0 Å². The molecule has 1 aromatic rings. The minimum atomic E-state index is -0.374. The zero-order valence-electron chi connectivity index (χ0n) is 11.8. The molecule has 2 heterocycles. The summed E-state index contributed by atoms with van der Waals surface area (Å²) in [6.45, 7) is 4.73. The van der Waals surface area contributed by atoms with Crippen molar-refractivity contribution in [1.82, 2.24) is 9.80 Å². The second-order valence-corrected chi connectivity index (χ2v) is 5.54. The monoisotopic (exact) mass is 278 g/mol. The zero-order valence-corrected chi connectivity index (χ0v) is 11.8. The number of amides is 1. The first-order valence-electron chi connectivity index (χ1n) is 7.06. The summed E-state index contributed by atoms with van der Waals surface area (Å²) in [6.07, 6.45) is 0.987. The molecule has 2 aliphatic heterocycles. The number of hydrogen-bond donors (Lipinski definition) is 0. The van der Waals surface area contributed by atoms with Gasteiger partial charge in [-0.3, -0.25) is 9.69 Å². The van der Waals surface area contributed by atoms with Crippen molar-refractivity contribution in [2.45, 2.75) is 25.5 Å². The van der Waals surface area contributed by atoms with Gasteiger partial charge in [-0.25, -0.2) is 4.39 Å². The Morgan fingerprint density at radius 2 is 2.20 bits per heavy atom. The van der Waals surface area contributed by atoms with Crippen LogP contribution in [-0.2, 0) is 0 Å². The number of fused-ring (bicyclic) bond motifs is 2. The van der Waals surface area contributed by atoms with E-state index in [1.165, 1.54) is 18.2 Å². The first-order valence-corrected chi connectivity index (χ1v) is 7.06. The van der Waals surface area contributed by atoms with Crippen LogP contribution in [0.5, 0.6) is 5.75 Å². The number of hydrogen-bond acceptors (Lipinski definition) is 3. The predicted molar refractivity (Wildman–Crippen MR) is 73.4 cm³/mol. The van der Waals surface area contributed by atoms with Crippen LogP contribution in [0, 0.1) is 5.82 Å². The molecule has 0 saturated carbocycles. The molecule has 3 rings (SSSR count). The summed E-state index contributed by atoms with van der Waals surface area (Å²) in [7, 11) is 1.80. The number of likely N-dealkylation sites (tertiary alicyclic amines) is 1. The standard InChI is InChI=1S/C15H19FN2O2/c1-3-6-18-8-12-14(9-18)20-13-7-10(16)4-5-11(13)15(19)17(12)2/h4-5,7,12,14H,3,6,8-9H2,1-2H3/t12-,14+/m1/s1. The van der Waals surface area contributed by atoms with Crippen molar-refractivity contribution in [3.63, 3.8) is 0 Å². The number of ether oxygens (including phenoxy) is 1. The van der Waals surface area contributed by atoms with Gasteiger partial charge < -0.3 is 9.64 Å². The molecule has 0 unspecified atom stereocenters.